The second-order valence-corrected chi connectivity index (χ2v) is 5.04. The standard InChI is InChI=1S/C15H29N5.HI/c1-5-7-9-17-15(16-6-2)18-10-8-11-20-14(4)12-13(3)19-20;/h12H,5-11H2,1-4H3,(H2,16,17,18);1H. The quantitative estimate of drug-likeness (QED) is 0.302. The third-order valence-electron chi connectivity index (χ3n) is 3.07. The first-order valence-electron chi connectivity index (χ1n) is 7.70. The number of hydrogen-bond donors (Lipinski definition) is 2. The van der Waals surface area contributed by atoms with Crippen LogP contribution in [-0.2, 0) is 6.54 Å². The Balaban J connectivity index is 0.00000400. The number of unbranched alkanes of at least 4 members (excludes halogenated alkanes) is 1. The predicted octanol–water partition coefficient (Wildman–Crippen LogP) is 2.86. The van der Waals surface area contributed by atoms with Crippen LogP contribution in [0.5, 0.6) is 0 Å². The minimum absolute atomic E-state index is 0. The van der Waals surface area contributed by atoms with E-state index < -0.39 is 0 Å². The molecule has 1 aromatic rings. The molecule has 0 aliphatic carbocycles. The van der Waals surface area contributed by atoms with Gasteiger partial charge in [0.1, 0.15) is 0 Å². The average molecular weight is 407 g/mol. The lowest BCUT2D eigenvalue weighted by molar-refractivity contribution is 0.567. The van der Waals surface area contributed by atoms with E-state index in [2.05, 4.69) is 52.2 Å². The van der Waals surface area contributed by atoms with Crippen LogP contribution in [0.25, 0.3) is 0 Å². The van der Waals surface area contributed by atoms with Crippen molar-refractivity contribution in [3.05, 3.63) is 17.5 Å². The SMILES string of the molecule is CCCCNC(=NCCCn1nc(C)cc1C)NCC.I. The minimum atomic E-state index is 0. The van der Waals surface area contributed by atoms with E-state index in [1.165, 1.54) is 18.5 Å². The molecule has 0 saturated carbocycles. The van der Waals surface area contributed by atoms with Crippen molar-refractivity contribution in [1.29, 1.82) is 0 Å². The Labute approximate surface area is 146 Å². The molecule has 0 amide bonds. The summed E-state index contributed by atoms with van der Waals surface area (Å²) >= 11 is 0. The summed E-state index contributed by atoms with van der Waals surface area (Å²) in [5, 5.41) is 11.1. The topological polar surface area (TPSA) is 54.2 Å². The van der Waals surface area contributed by atoms with Crippen LogP contribution in [0, 0.1) is 13.8 Å². The fourth-order valence-electron chi connectivity index (χ4n) is 2.04. The van der Waals surface area contributed by atoms with Crippen molar-refractivity contribution >= 4 is 29.9 Å². The summed E-state index contributed by atoms with van der Waals surface area (Å²) in [6.07, 6.45) is 3.38. The lowest BCUT2D eigenvalue weighted by Crippen LogP contribution is -2.37. The molecular formula is C15H30IN5. The predicted molar refractivity (Wildman–Crippen MR) is 101 cm³/mol. The van der Waals surface area contributed by atoms with Gasteiger partial charge in [0.2, 0.25) is 0 Å². The third-order valence-corrected chi connectivity index (χ3v) is 3.07. The van der Waals surface area contributed by atoms with Crippen LogP contribution in [-0.4, -0.2) is 35.4 Å². The van der Waals surface area contributed by atoms with Gasteiger partial charge in [-0.05, 0) is 39.7 Å². The first-order chi connectivity index (χ1) is 9.67. The maximum absolute atomic E-state index is 4.59. The summed E-state index contributed by atoms with van der Waals surface area (Å²) in [5.41, 5.74) is 2.31. The summed E-state index contributed by atoms with van der Waals surface area (Å²) < 4.78 is 2.06. The van der Waals surface area contributed by atoms with Crippen molar-refractivity contribution in [3.8, 4) is 0 Å². The molecule has 1 heterocycles. The lowest BCUT2D eigenvalue weighted by Gasteiger charge is -2.10. The summed E-state index contributed by atoms with van der Waals surface area (Å²) in [5.74, 6) is 0.925. The molecule has 21 heavy (non-hydrogen) atoms. The number of guanidine groups is 1. The van der Waals surface area contributed by atoms with E-state index in [4.69, 9.17) is 0 Å². The molecule has 0 spiro atoms. The van der Waals surface area contributed by atoms with Crippen molar-refractivity contribution in [2.75, 3.05) is 19.6 Å². The summed E-state index contributed by atoms with van der Waals surface area (Å²) in [4.78, 5) is 4.59. The van der Waals surface area contributed by atoms with Crippen LogP contribution in [0.2, 0.25) is 0 Å². The lowest BCUT2D eigenvalue weighted by atomic mass is 10.3. The highest BCUT2D eigenvalue weighted by atomic mass is 127. The van der Waals surface area contributed by atoms with Gasteiger partial charge >= 0.3 is 0 Å². The molecule has 0 fully saturated rings. The van der Waals surface area contributed by atoms with Crippen LogP contribution < -0.4 is 10.6 Å². The maximum atomic E-state index is 4.59. The number of aryl methyl sites for hydroxylation is 3. The van der Waals surface area contributed by atoms with Crippen molar-refractivity contribution in [2.45, 2.75) is 53.5 Å². The largest absolute Gasteiger partial charge is 0.357 e. The minimum Gasteiger partial charge on any atom is -0.357 e. The summed E-state index contributed by atoms with van der Waals surface area (Å²) in [6.45, 7) is 12.0. The van der Waals surface area contributed by atoms with Gasteiger partial charge < -0.3 is 10.6 Å². The van der Waals surface area contributed by atoms with E-state index in [1.807, 2.05) is 6.92 Å². The number of nitrogens with one attached hydrogen (secondary N) is 2. The molecule has 0 radical (unpaired) electrons. The number of hydrogen-bond acceptors (Lipinski definition) is 2. The zero-order chi connectivity index (χ0) is 14.8. The molecule has 1 rings (SSSR count). The van der Waals surface area contributed by atoms with Crippen LogP contribution >= 0.6 is 24.0 Å². The van der Waals surface area contributed by atoms with E-state index >= 15 is 0 Å². The Morgan fingerprint density at radius 2 is 2.00 bits per heavy atom. The number of aliphatic imine (C=N–C) groups is 1. The van der Waals surface area contributed by atoms with Crippen LogP contribution in [0.15, 0.2) is 11.1 Å². The molecule has 0 aliphatic heterocycles. The van der Waals surface area contributed by atoms with E-state index in [-0.39, 0.29) is 24.0 Å². The van der Waals surface area contributed by atoms with Crippen molar-refractivity contribution in [2.24, 2.45) is 4.99 Å². The second kappa shape index (κ2) is 11.8. The van der Waals surface area contributed by atoms with Crippen molar-refractivity contribution in [3.63, 3.8) is 0 Å². The molecule has 0 aliphatic rings. The molecule has 0 atom stereocenters. The van der Waals surface area contributed by atoms with E-state index in [9.17, 15) is 0 Å². The van der Waals surface area contributed by atoms with Gasteiger partial charge in [0.15, 0.2) is 5.96 Å². The van der Waals surface area contributed by atoms with Gasteiger partial charge in [0, 0.05) is 31.9 Å². The van der Waals surface area contributed by atoms with Gasteiger partial charge in [-0.15, -0.1) is 24.0 Å². The monoisotopic (exact) mass is 407 g/mol. The van der Waals surface area contributed by atoms with Crippen LogP contribution in [0.1, 0.15) is 44.5 Å². The van der Waals surface area contributed by atoms with Gasteiger partial charge in [-0.1, -0.05) is 13.3 Å². The van der Waals surface area contributed by atoms with Gasteiger partial charge in [-0.2, -0.15) is 5.10 Å². The molecule has 2 N–H and O–H groups in total. The molecule has 0 bridgehead atoms. The molecule has 0 aromatic carbocycles. The van der Waals surface area contributed by atoms with Crippen molar-refractivity contribution < 1.29 is 0 Å². The number of halogens is 1. The number of nitrogens with zero attached hydrogens (tertiary/aromatic N) is 3. The highest BCUT2D eigenvalue weighted by Crippen LogP contribution is 2.02. The molecule has 1 aromatic heterocycles. The Hall–Kier alpha value is -0.790. The fourth-order valence-corrected chi connectivity index (χ4v) is 2.04. The van der Waals surface area contributed by atoms with Gasteiger partial charge in [0.25, 0.3) is 0 Å². The maximum Gasteiger partial charge on any atom is 0.191 e. The molecular weight excluding hydrogens is 377 g/mol. The van der Waals surface area contributed by atoms with E-state index in [1.54, 1.807) is 0 Å². The molecule has 5 nitrogen and oxygen atoms in total. The van der Waals surface area contributed by atoms with Gasteiger partial charge in [0.05, 0.1) is 5.69 Å². The molecule has 6 heteroatoms. The molecule has 122 valence electrons. The molecule has 0 unspecified atom stereocenters. The first kappa shape index (κ1) is 20.2. The Kier molecular flexibility index (Phi) is 11.4. The summed E-state index contributed by atoms with van der Waals surface area (Å²) in [6, 6.07) is 2.11. The zero-order valence-electron chi connectivity index (χ0n) is 13.8. The fraction of sp³-hybridized carbons (Fsp3) is 0.733. The average Bonchev–Trinajstić information content (AvgIpc) is 2.73. The van der Waals surface area contributed by atoms with Crippen molar-refractivity contribution in [1.82, 2.24) is 20.4 Å². The third kappa shape index (κ3) is 8.28. The molecule has 0 saturated heterocycles. The highest BCUT2D eigenvalue weighted by molar-refractivity contribution is 14.0. The van der Waals surface area contributed by atoms with E-state index in [0.29, 0.717) is 0 Å². The smallest absolute Gasteiger partial charge is 0.191 e. The number of aromatic nitrogens is 2. The first-order valence-corrected chi connectivity index (χ1v) is 7.70. The Morgan fingerprint density at radius 3 is 2.57 bits per heavy atom. The highest BCUT2D eigenvalue weighted by Gasteiger charge is 2.00. The van der Waals surface area contributed by atoms with E-state index in [0.717, 1.165) is 44.3 Å². The normalized spacial score (nSPS) is 11.1. The van der Waals surface area contributed by atoms with Gasteiger partial charge in [-0.25, -0.2) is 0 Å². The van der Waals surface area contributed by atoms with Crippen LogP contribution in [0.4, 0.5) is 0 Å². The van der Waals surface area contributed by atoms with Crippen LogP contribution in [0.3, 0.4) is 0 Å². The zero-order valence-corrected chi connectivity index (χ0v) is 16.1. The Morgan fingerprint density at radius 1 is 1.24 bits per heavy atom. The second-order valence-electron chi connectivity index (χ2n) is 5.04. The van der Waals surface area contributed by atoms with Gasteiger partial charge in [-0.3, -0.25) is 9.67 Å². The Bertz CT molecular complexity index is 414. The summed E-state index contributed by atoms with van der Waals surface area (Å²) in [7, 11) is 0. The number of rotatable bonds is 8.